The normalized spacial score (nSPS) is 15.7. The highest BCUT2D eigenvalue weighted by atomic mass is 19.4. The summed E-state index contributed by atoms with van der Waals surface area (Å²) in [6.07, 6.45) is -6.80. The van der Waals surface area contributed by atoms with Crippen molar-refractivity contribution in [2.24, 2.45) is 0 Å². The topological polar surface area (TPSA) is 44.8 Å². The van der Waals surface area contributed by atoms with Crippen molar-refractivity contribution in [1.82, 2.24) is 0 Å². The Labute approximate surface area is 154 Å². The van der Waals surface area contributed by atoms with Crippen molar-refractivity contribution >= 4 is 5.97 Å². The lowest BCUT2D eigenvalue weighted by Gasteiger charge is -2.25. The maximum Gasteiger partial charge on any atom is 0.429 e. The van der Waals surface area contributed by atoms with E-state index in [1.807, 2.05) is 0 Å². The largest absolute Gasteiger partial charge is 0.486 e. The minimum atomic E-state index is -4.76. The van der Waals surface area contributed by atoms with Crippen LogP contribution in [-0.2, 0) is 9.53 Å². The molecular formula is C20H19F3O4. The van der Waals surface area contributed by atoms with Crippen LogP contribution in [0.15, 0.2) is 48.5 Å². The van der Waals surface area contributed by atoms with Crippen LogP contribution in [0.3, 0.4) is 0 Å². The zero-order valence-corrected chi connectivity index (χ0v) is 14.7. The lowest BCUT2D eigenvalue weighted by Crippen LogP contribution is -2.28. The lowest BCUT2D eigenvalue weighted by molar-refractivity contribution is -0.225. The Hall–Kier alpha value is -2.70. The first-order chi connectivity index (χ1) is 12.9. The van der Waals surface area contributed by atoms with E-state index in [9.17, 15) is 18.0 Å². The number of hydrogen-bond donors (Lipinski definition) is 0. The van der Waals surface area contributed by atoms with Gasteiger partial charge in [0.15, 0.2) is 11.5 Å². The Bertz CT molecular complexity index is 790. The van der Waals surface area contributed by atoms with Crippen LogP contribution >= 0.6 is 0 Å². The van der Waals surface area contributed by atoms with Crippen molar-refractivity contribution in [2.45, 2.75) is 31.5 Å². The molecule has 4 nitrogen and oxygen atoms in total. The Morgan fingerprint density at radius 2 is 1.70 bits per heavy atom. The molecule has 0 saturated carbocycles. The summed E-state index contributed by atoms with van der Waals surface area (Å²) < 4.78 is 56.5. The van der Waals surface area contributed by atoms with Gasteiger partial charge in [-0.05, 0) is 24.1 Å². The molecule has 144 valence electrons. The summed E-state index contributed by atoms with van der Waals surface area (Å²) in [4.78, 5) is 12.5. The minimum Gasteiger partial charge on any atom is -0.486 e. The van der Waals surface area contributed by atoms with Crippen molar-refractivity contribution in [3.63, 3.8) is 0 Å². The standard InChI is InChI=1S/C20H19F3O4/c1-2-15(13-6-4-3-5-7-13)19(24)27-18(20(21,22)23)14-8-9-16-17(12-14)26-11-10-25-16/h3-9,12,15,18H,2,10-11H2,1H3/t15-,18+/m1/s1. The number of rotatable bonds is 5. The molecule has 1 aliphatic rings. The first kappa shape index (κ1) is 19.1. The van der Waals surface area contributed by atoms with Crippen LogP contribution in [0.1, 0.15) is 36.5 Å². The number of carbonyl (C=O) groups is 1. The number of hydrogen-bond acceptors (Lipinski definition) is 4. The molecule has 7 heteroatoms. The van der Waals surface area contributed by atoms with Crippen LogP contribution in [0.5, 0.6) is 11.5 Å². The van der Waals surface area contributed by atoms with Crippen LogP contribution in [0, 0.1) is 0 Å². The molecule has 27 heavy (non-hydrogen) atoms. The second kappa shape index (κ2) is 7.90. The average molecular weight is 380 g/mol. The van der Waals surface area contributed by atoms with E-state index in [1.165, 1.54) is 18.2 Å². The molecule has 0 aliphatic carbocycles. The number of fused-ring (bicyclic) bond motifs is 1. The van der Waals surface area contributed by atoms with E-state index in [0.717, 1.165) is 0 Å². The van der Waals surface area contributed by atoms with Gasteiger partial charge in [0.1, 0.15) is 13.2 Å². The minimum absolute atomic E-state index is 0.206. The first-order valence-corrected chi connectivity index (χ1v) is 8.62. The van der Waals surface area contributed by atoms with E-state index < -0.39 is 24.2 Å². The van der Waals surface area contributed by atoms with Gasteiger partial charge in [-0.15, -0.1) is 0 Å². The zero-order chi connectivity index (χ0) is 19.4. The van der Waals surface area contributed by atoms with Crippen molar-refractivity contribution in [2.75, 3.05) is 13.2 Å². The van der Waals surface area contributed by atoms with E-state index in [-0.39, 0.29) is 17.9 Å². The Morgan fingerprint density at radius 3 is 2.33 bits per heavy atom. The highest BCUT2D eigenvalue weighted by molar-refractivity contribution is 5.78. The van der Waals surface area contributed by atoms with Crippen LogP contribution in [-0.4, -0.2) is 25.4 Å². The van der Waals surface area contributed by atoms with Gasteiger partial charge in [-0.1, -0.05) is 43.3 Å². The van der Waals surface area contributed by atoms with E-state index in [2.05, 4.69) is 0 Å². The summed E-state index contributed by atoms with van der Waals surface area (Å²) in [6, 6.07) is 12.5. The van der Waals surface area contributed by atoms with Crippen molar-refractivity contribution in [3.8, 4) is 11.5 Å². The van der Waals surface area contributed by atoms with Gasteiger partial charge in [-0.2, -0.15) is 13.2 Å². The molecule has 2 aromatic carbocycles. The van der Waals surface area contributed by atoms with Crippen LogP contribution < -0.4 is 9.47 Å². The molecule has 0 aromatic heterocycles. The summed E-state index contributed by atoms with van der Waals surface area (Å²) in [5, 5.41) is 0. The Kier molecular flexibility index (Phi) is 5.58. The molecule has 0 radical (unpaired) electrons. The van der Waals surface area contributed by atoms with Gasteiger partial charge in [0, 0.05) is 5.56 Å². The van der Waals surface area contributed by atoms with Gasteiger partial charge in [-0.3, -0.25) is 4.79 Å². The van der Waals surface area contributed by atoms with E-state index in [0.29, 0.717) is 24.3 Å². The third-order valence-corrected chi connectivity index (χ3v) is 4.29. The highest BCUT2D eigenvalue weighted by Crippen LogP contribution is 2.41. The quantitative estimate of drug-likeness (QED) is 0.699. The van der Waals surface area contributed by atoms with Crippen molar-refractivity contribution in [3.05, 3.63) is 59.7 Å². The number of esters is 1. The first-order valence-electron chi connectivity index (χ1n) is 8.62. The molecule has 0 fully saturated rings. The van der Waals surface area contributed by atoms with Crippen LogP contribution in [0.4, 0.5) is 13.2 Å². The predicted molar refractivity (Wildman–Crippen MR) is 91.8 cm³/mol. The molecule has 1 aliphatic heterocycles. The molecule has 0 saturated heterocycles. The second-order valence-electron chi connectivity index (χ2n) is 6.13. The fraction of sp³-hybridized carbons (Fsp3) is 0.350. The maximum absolute atomic E-state index is 13.6. The zero-order valence-electron chi connectivity index (χ0n) is 14.7. The average Bonchev–Trinajstić information content (AvgIpc) is 2.66. The molecule has 1 heterocycles. The molecule has 0 bridgehead atoms. The summed E-state index contributed by atoms with van der Waals surface area (Å²) in [5.41, 5.74) is 0.413. The molecular weight excluding hydrogens is 361 g/mol. The highest BCUT2D eigenvalue weighted by Gasteiger charge is 2.45. The molecule has 2 aromatic rings. The predicted octanol–water partition coefficient (Wildman–Crippen LogP) is 4.80. The number of alkyl halides is 3. The SMILES string of the molecule is CC[C@@H](C(=O)O[C@@H](c1ccc2c(c1)OCCO2)C(F)(F)F)c1ccccc1. The van der Waals surface area contributed by atoms with Gasteiger partial charge < -0.3 is 14.2 Å². The van der Waals surface area contributed by atoms with Crippen LogP contribution in [0.25, 0.3) is 0 Å². The van der Waals surface area contributed by atoms with Crippen molar-refractivity contribution < 1.29 is 32.2 Å². The number of ether oxygens (including phenoxy) is 3. The maximum atomic E-state index is 13.6. The molecule has 2 atom stereocenters. The second-order valence-corrected chi connectivity index (χ2v) is 6.13. The number of carbonyl (C=O) groups excluding carboxylic acids is 1. The number of halogens is 3. The summed E-state index contributed by atoms with van der Waals surface area (Å²) >= 11 is 0. The van der Waals surface area contributed by atoms with Gasteiger partial charge >= 0.3 is 12.1 Å². The van der Waals surface area contributed by atoms with Gasteiger partial charge in [0.25, 0.3) is 0 Å². The monoisotopic (exact) mass is 380 g/mol. The third-order valence-electron chi connectivity index (χ3n) is 4.29. The van der Waals surface area contributed by atoms with Crippen LogP contribution in [0.2, 0.25) is 0 Å². The lowest BCUT2D eigenvalue weighted by atomic mass is 9.96. The number of benzene rings is 2. The molecule has 3 rings (SSSR count). The molecule has 0 unspecified atom stereocenters. The fourth-order valence-corrected chi connectivity index (χ4v) is 2.97. The van der Waals surface area contributed by atoms with Gasteiger partial charge in [0.2, 0.25) is 6.10 Å². The van der Waals surface area contributed by atoms with Gasteiger partial charge in [0.05, 0.1) is 5.92 Å². The summed E-state index contributed by atoms with van der Waals surface area (Å²) in [5.74, 6) is -1.11. The third kappa shape index (κ3) is 4.35. The smallest absolute Gasteiger partial charge is 0.429 e. The molecule has 0 spiro atoms. The van der Waals surface area contributed by atoms with E-state index in [1.54, 1.807) is 37.3 Å². The fourth-order valence-electron chi connectivity index (χ4n) is 2.97. The Balaban J connectivity index is 1.86. The summed E-state index contributed by atoms with van der Waals surface area (Å²) in [6.45, 7) is 2.31. The Morgan fingerprint density at radius 1 is 1.04 bits per heavy atom. The van der Waals surface area contributed by atoms with E-state index >= 15 is 0 Å². The van der Waals surface area contributed by atoms with Crippen molar-refractivity contribution in [1.29, 1.82) is 0 Å². The summed E-state index contributed by atoms with van der Waals surface area (Å²) in [7, 11) is 0. The molecule has 0 amide bonds. The van der Waals surface area contributed by atoms with E-state index in [4.69, 9.17) is 14.2 Å². The molecule has 0 N–H and O–H groups in total. The van der Waals surface area contributed by atoms with Gasteiger partial charge in [-0.25, -0.2) is 0 Å².